The number of amides is 2. The first-order chi connectivity index (χ1) is 24.7. The molecule has 274 valence electrons. The van der Waals surface area contributed by atoms with E-state index in [4.69, 9.17) is 19.9 Å². The van der Waals surface area contributed by atoms with E-state index in [0.29, 0.717) is 33.9 Å². The van der Waals surface area contributed by atoms with Crippen molar-refractivity contribution >= 4 is 29.4 Å². The summed E-state index contributed by atoms with van der Waals surface area (Å²) in [5.74, 6) is -1.13. The quantitative estimate of drug-likeness (QED) is 0.108. The molecule has 2 amide bonds. The van der Waals surface area contributed by atoms with Crippen molar-refractivity contribution in [2.75, 3.05) is 19.1 Å². The number of rotatable bonds is 12. The van der Waals surface area contributed by atoms with E-state index in [1.165, 1.54) is 24.7 Å². The Balaban J connectivity index is 0.000000421. The van der Waals surface area contributed by atoms with Crippen molar-refractivity contribution in [1.82, 2.24) is 5.32 Å². The SMILES string of the molecule is COc1ccc(CN(c2ccc(C)cc2)[C@H](C(=O)O)C(=O)c2cccc(CNC(=O)OC(C)(C)C)c2)c(OC)c1.NC(=O)c1ccc2c(c1)CCC2. The average Bonchev–Trinajstić information content (AvgIpc) is 3.59. The van der Waals surface area contributed by atoms with Crippen molar-refractivity contribution in [3.63, 3.8) is 0 Å². The van der Waals surface area contributed by atoms with Gasteiger partial charge in [0.1, 0.15) is 17.1 Å². The molecule has 0 spiro atoms. The Hall–Kier alpha value is -5.84. The highest BCUT2D eigenvalue weighted by Crippen LogP contribution is 2.30. The Morgan fingerprint density at radius 2 is 1.58 bits per heavy atom. The number of carboxylic acid groups (broad SMARTS) is 1. The molecule has 11 nitrogen and oxygen atoms in total. The summed E-state index contributed by atoms with van der Waals surface area (Å²) in [5.41, 5.74) is 10.9. The summed E-state index contributed by atoms with van der Waals surface area (Å²) in [7, 11) is 3.06. The van der Waals surface area contributed by atoms with Gasteiger partial charge >= 0.3 is 12.1 Å². The molecule has 0 saturated heterocycles. The third kappa shape index (κ3) is 10.6. The molecule has 11 heteroatoms. The normalized spacial score (nSPS) is 12.3. The molecular formula is C41H47N3O8. The number of nitrogens with two attached hydrogens (primary N) is 1. The van der Waals surface area contributed by atoms with Crippen molar-refractivity contribution in [2.45, 2.75) is 71.7 Å². The first-order valence-electron chi connectivity index (χ1n) is 17.0. The van der Waals surface area contributed by atoms with Gasteiger partial charge in [-0.05, 0) is 106 Å². The van der Waals surface area contributed by atoms with Gasteiger partial charge in [-0.1, -0.05) is 42.0 Å². The van der Waals surface area contributed by atoms with Crippen LogP contribution in [0.15, 0.2) is 84.9 Å². The van der Waals surface area contributed by atoms with Gasteiger partial charge in [-0.15, -0.1) is 0 Å². The minimum absolute atomic E-state index is 0.0822. The Labute approximate surface area is 304 Å². The number of nitrogens with one attached hydrogen (secondary N) is 1. The van der Waals surface area contributed by atoms with Crippen LogP contribution in [-0.4, -0.2) is 54.7 Å². The summed E-state index contributed by atoms with van der Waals surface area (Å²) in [6, 6.07) is 23.3. The van der Waals surface area contributed by atoms with Gasteiger partial charge in [0.2, 0.25) is 5.91 Å². The van der Waals surface area contributed by atoms with Gasteiger partial charge in [0.15, 0.2) is 11.8 Å². The number of primary amides is 1. The fraction of sp³-hybridized carbons (Fsp3) is 0.317. The molecular weight excluding hydrogens is 662 g/mol. The maximum atomic E-state index is 13.8. The van der Waals surface area contributed by atoms with Crippen LogP contribution < -0.4 is 25.4 Å². The number of fused-ring (bicyclic) bond motifs is 1. The highest BCUT2D eigenvalue weighted by Gasteiger charge is 2.35. The molecule has 0 fully saturated rings. The third-order valence-electron chi connectivity index (χ3n) is 8.42. The molecule has 0 unspecified atom stereocenters. The molecule has 1 aliphatic rings. The van der Waals surface area contributed by atoms with Gasteiger partial charge in [-0.2, -0.15) is 0 Å². The molecule has 1 aliphatic carbocycles. The summed E-state index contributed by atoms with van der Waals surface area (Å²) >= 11 is 0. The molecule has 4 N–H and O–H groups in total. The highest BCUT2D eigenvalue weighted by molar-refractivity contribution is 6.14. The Kier molecular flexibility index (Phi) is 13.0. The van der Waals surface area contributed by atoms with Crippen LogP contribution in [0, 0.1) is 6.92 Å². The number of alkyl carbamates (subject to hydrolysis) is 1. The van der Waals surface area contributed by atoms with Crippen LogP contribution in [0.3, 0.4) is 0 Å². The van der Waals surface area contributed by atoms with Gasteiger partial charge in [-0.25, -0.2) is 9.59 Å². The summed E-state index contributed by atoms with van der Waals surface area (Å²) in [5, 5.41) is 13.0. The predicted molar refractivity (Wildman–Crippen MR) is 199 cm³/mol. The molecule has 5 rings (SSSR count). The lowest BCUT2D eigenvalue weighted by molar-refractivity contribution is -0.137. The van der Waals surface area contributed by atoms with Crippen molar-refractivity contribution in [3.8, 4) is 11.5 Å². The van der Waals surface area contributed by atoms with Gasteiger partial charge in [-0.3, -0.25) is 9.59 Å². The molecule has 52 heavy (non-hydrogen) atoms. The lowest BCUT2D eigenvalue weighted by Gasteiger charge is -2.31. The number of ether oxygens (including phenoxy) is 3. The number of ketones is 1. The molecule has 0 radical (unpaired) electrons. The number of Topliss-reactive ketones (excluding diaryl/α,β-unsaturated/α-hetero) is 1. The fourth-order valence-electron chi connectivity index (χ4n) is 5.83. The Bertz CT molecular complexity index is 1900. The minimum atomic E-state index is -1.54. The van der Waals surface area contributed by atoms with E-state index in [0.717, 1.165) is 18.4 Å². The zero-order valence-corrected chi connectivity index (χ0v) is 30.5. The van der Waals surface area contributed by atoms with Crippen molar-refractivity contribution in [1.29, 1.82) is 0 Å². The van der Waals surface area contributed by atoms with E-state index in [1.54, 1.807) is 87.4 Å². The lowest BCUT2D eigenvalue weighted by atomic mass is 9.99. The zero-order valence-electron chi connectivity index (χ0n) is 30.5. The number of methoxy groups -OCH3 is 2. The summed E-state index contributed by atoms with van der Waals surface area (Å²) < 4.78 is 16.1. The highest BCUT2D eigenvalue weighted by atomic mass is 16.6. The third-order valence-corrected chi connectivity index (χ3v) is 8.42. The minimum Gasteiger partial charge on any atom is -0.497 e. The number of carbonyl (C=O) groups excluding carboxylic acids is 3. The topological polar surface area (TPSA) is 157 Å². The summed E-state index contributed by atoms with van der Waals surface area (Å²) in [4.78, 5) is 50.9. The lowest BCUT2D eigenvalue weighted by Crippen LogP contribution is -2.47. The van der Waals surface area contributed by atoms with E-state index in [9.17, 15) is 24.3 Å². The fourth-order valence-corrected chi connectivity index (χ4v) is 5.83. The molecule has 0 heterocycles. The van der Waals surface area contributed by atoms with Gasteiger partial charge < -0.3 is 35.3 Å². The second kappa shape index (κ2) is 17.4. The zero-order chi connectivity index (χ0) is 38.0. The van der Waals surface area contributed by atoms with E-state index >= 15 is 0 Å². The van der Waals surface area contributed by atoms with E-state index < -0.39 is 29.5 Å². The monoisotopic (exact) mass is 709 g/mol. The van der Waals surface area contributed by atoms with Crippen LogP contribution in [0.2, 0.25) is 0 Å². The average molecular weight is 710 g/mol. The number of carboxylic acids is 1. The molecule has 0 aromatic heterocycles. The number of anilines is 1. The van der Waals surface area contributed by atoms with Crippen LogP contribution in [0.4, 0.5) is 10.5 Å². The van der Waals surface area contributed by atoms with Gasteiger partial charge in [0, 0.05) is 41.5 Å². The maximum absolute atomic E-state index is 13.8. The number of aliphatic carboxylic acids is 1. The Morgan fingerprint density at radius 3 is 2.21 bits per heavy atom. The maximum Gasteiger partial charge on any atom is 0.407 e. The van der Waals surface area contributed by atoms with Crippen LogP contribution in [0.25, 0.3) is 0 Å². The van der Waals surface area contributed by atoms with Gasteiger partial charge in [0.05, 0.1) is 14.2 Å². The molecule has 1 atom stereocenters. The molecule has 4 aromatic rings. The van der Waals surface area contributed by atoms with Crippen LogP contribution in [-0.2, 0) is 35.5 Å². The van der Waals surface area contributed by atoms with Crippen LogP contribution >= 0.6 is 0 Å². The molecule has 0 bridgehead atoms. The van der Waals surface area contributed by atoms with Gasteiger partial charge in [0.25, 0.3) is 0 Å². The largest absolute Gasteiger partial charge is 0.497 e. The first-order valence-corrected chi connectivity index (χ1v) is 17.0. The predicted octanol–water partition coefficient (Wildman–Crippen LogP) is 6.65. The smallest absolute Gasteiger partial charge is 0.407 e. The number of nitrogens with zero attached hydrogens (tertiary/aromatic N) is 1. The van der Waals surface area contributed by atoms with Crippen LogP contribution in [0.5, 0.6) is 11.5 Å². The Morgan fingerprint density at radius 1 is 0.865 bits per heavy atom. The second-order valence-electron chi connectivity index (χ2n) is 13.5. The molecule has 4 aromatic carbocycles. The van der Waals surface area contributed by atoms with Crippen molar-refractivity contribution < 1.29 is 38.5 Å². The first kappa shape index (κ1) is 39.0. The second-order valence-corrected chi connectivity index (χ2v) is 13.5. The number of aryl methyl sites for hydroxylation is 3. The molecule has 0 saturated carbocycles. The number of hydrogen-bond donors (Lipinski definition) is 3. The molecule has 0 aliphatic heterocycles. The number of benzene rings is 4. The standard InChI is InChI=1S/C31H36N2O7.C10H11NO/c1-20-10-13-24(14-11-20)33(19-23-12-15-25(38-5)17-26(23)39-6)27(29(35)36)28(34)22-9-7-8-21(16-22)18-32-30(37)40-31(2,3)4;11-10(12)9-5-4-7-2-1-3-8(7)6-9/h7-17,27H,18-19H2,1-6H3,(H,32,37)(H,35,36);4-6H,1-3H2,(H2,11,12)/t27-;/m0./s1. The number of carbonyl (C=O) groups is 4. The van der Waals surface area contributed by atoms with Crippen molar-refractivity contribution in [3.05, 3.63) is 124 Å². The summed E-state index contributed by atoms with van der Waals surface area (Å²) in [6.07, 6.45) is 2.86. The van der Waals surface area contributed by atoms with E-state index in [2.05, 4.69) is 5.32 Å². The summed E-state index contributed by atoms with van der Waals surface area (Å²) in [6.45, 7) is 7.41. The number of hydrogen-bond acceptors (Lipinski definition) is 8. The van der Waals surface area contributed by atoms with Crippen LogP contribution in [0.1, 0.15) is 75.7 Å². The van der Waals surface area contributed by atoms with E-state index in [1.807, 2.05) is 37.3 Å². The van der Waals surface area contributed by atoms with E-state index in [-0.39, 0.29) is 24.6 Å². The van der Waals surface area contributed by atoms with Crippen molar-refractivity contribution in [2.24, 2.45) is 5.73 Å².